The number of primary amides is 1. The summed E-state index contributed by atoms with van der Waals surface area (Å²) < 4.78 is 1.03. The number of benzene rings is 2. The first-order valence-corrected chi connectivity index (χ1v) is 8.12. The second kappa shape index (κ2) is 8.07. The fourth-order valence-corrected chi connectivity index (χ4v) is 2.77. The quantitative estimate of drug-likeness (QED) is 0.615. The highest BCUT2D eigenvalue weighted by Crippen LogP contribution is 2.14. The molecule has 0 spiro atoms. The van der Waals surface area contributed by atoms with Crippen LogP contribution in [0.5, 0.6) is 0 Å². The van der Waals surface area contributed by atoms with Gasteiger partial charge in [-0.15, -0.1) is 0 Å². The van der Waals surface area contributed by atoms with Crippen molar-refractivity contribution in [3.8, 4) is 0 Å². The highest BCUT2D eigenvalue weighted by molar-refractivity contribution is 14.1. The van der Waals surface area contributed by atoms with E-state index in [1.54, 1.807) is 30.3 Å². The van der Waals surface area contributed by atoms with E-state index in [1.165, 1.54) is 0 Å². The molecule has 0 saturated carbocycles. The van der Waals surface area contributed by atoms with Crippen LogP contribution < -0.4 is 11.1 Å². The standard InChI is InChI=1S/C17H17IN2O3/c18-13-8-4-5-11(9-13)10-14(16(19)22)20-17(23)15(21)12-6-2-1-3-7-12/h1-9,14-15,21H,10H2,(H2,19,22)(H,20,23)/t14-,15-/m0/s1. The van der Waals surface area contributed by atoms with Crippen molar-refractivity contribution in [1.29, 1.82) is 0 Å². The van der Waals surface area contributed by atoms with Gasteiger partial charge in [0.05, 0.1) is 0 Å². The summed E-state index contributed by atoms with van der Waals surface area (Å²) in [5, 5.41) is 12.6. The lowest BCUT2D eigenvalue weighted by Crippen LogP contribution is -2.47. The van der Waals surface area contributed by atoms with Gasteiger partial charge in [-0.1, -0.05) is 42.5 Å². The van der Waals surface area contributed by atoms with Crippen molar-refractivity contribution >= 4 is 34.4 Å². The van der Waals surface area contributed by atoms with Crippen molar-refractivity contribution in [3.05, 3.63) is 69.3 Å². The van der Waals surface area contributed by atoms with E-state index in [-0.39, 0.29) is 6.42 Å². The summed E-state index contributed by atoms with van der Waals surface area (Å²) in [5.41, 5.74) is 6.72. The highest BCUT2D eigenvalue weighted by atomic mass is 127. The Morgan fingerprint density at radius 1 is 1.13 bits per heavy atom. The van der Waals surface area contributed by atoms with Crippen LogP contribution in [0.3, 0.4) is 0 Å². The molecule has 120 valence electrons. The second-order valence-corrected chi connectivity index (χ2v) is 6.36. The molecule has 2 aromatic rings. The summed E-state index contributed by atoms with van der Waals surface area (Å²) in [6.07, 6.45) is -1.06. The third-order valence-electron chi connectivity index (χ3n) is 3.35. The molecule has 6 heteroatoms. The Morgan fingerprint density at radius 2 is 1.83 bits per heavy atom. The maximum absolute atomic E-state index is 12.1. The fourth-order valence-electron chi connectivity index (χ4n) is 2.16. The number of aliphatic hydroxyl groups is 1. The van der Waals surface area contributed by atoms with Gasteiger partial charge in [-0.05, 0) is 45.9 Å². The summed E-state index contributed by atoms with van der Waals surface area (Å²) >= 11 is 2.17. The van der Waals surface area contributed by atoms with E-state index in [4.69, 9.17) is 5.73 Å². The third kappa shape index (κ3) is 5.04. The van der Waals surface area contributed by atoms with Crippen LogP contribution in [-0.2, 0) is 16.0 Å². The van der Waals surface area contributed by atoms with E-state index in [2.05, 4.69) is 27.9 Å². The van der Waals surface area contributed by atoms with Crippen molar-refractivity contribution in [2.75, 3.05) is 0 Å². The topological polar surface area (TPSA) is 92.4 Å². The first kappa shape index (κ1) is 17.4. The Labute approximate surface area is 148 Å². The Morgan fingerprint density at radius 3 is 2.43 bits per heavy atom. The molecule has 0 aliphatic rings. The SMILES string of the molecule is NC(=O)[C@H](Cc1cccc(I)c1)NC(=O)[C@@H](O)c1ccccc1. The first-order valence-electron chi connectivity index (χ1n) is 7.04. The molecule has 2 amide bonds. The van der Waals surface area contributed by atoms with Gasteiger partial charge in [0.15, 0.2) is 6.10 Å². The van der Waals surface area contributed by atoms with E-state index < -0.39 is 24.0 Å². The van der Waals surface area contributed by atoms with Gasteiger partial charge in [0.2, 0.25) is 5.91 Å². The molecule has 2 aromatic carbocycles. The number of hydrogen-bond donors (Lipinski definition) is 3. The van der Waals surface area contributed by atoms with Crippen LogP contribution in [0.2, 0.25) is 0 Å². The molecule has 0 aliphatic heterocycles. The van der Waals surface area contributed by atoms with Gasteiger partial charge in [0.25, 0.3) is 5.91 Å². The van der Waals surface area contributed by atoms with Crippen LogP contribution in [0.25, 0.3) is 0 Å². The number of carbonyl (C=O) groups is 2. The fraction of sp³-hybridized carbons (Fsp3) is 0.176. The first-order chi connectivity index (χ1) is 11.0. The number of aliphatic hydroxyl groups excluding tert-OH is 1. The molecule has 0 aliphatic carbocycles. The van der Waals surface area contributed by atoms with Crippen molar-refractivity contribution in [2.45, 2.75) is 18.6 Å². The van der Waals surface area contributed by atoms with Crippen molar-refractivity contribution < 1.29 is 14.7 Å². The number of amides is 2. The van der Waals surface area contributed by atoms with E-state index in [0.29, 0.717) is 5.56 Å². The Kier molecular flexibility index (Phi) is 6.12. The summed E-state index contributed by atoms with van der Waals surface area (Å²) in [5.74, 6) is -1.29. The van der Waals surface area contributed by atoms with Gasteiger partial charge in [0.1, 0.15) is 6.04 Å². The summed E-state index contributed by atoms with van der Waals surface area (Å²) in [6.45, 7) is 0. The second-order valence-electron chi connectivity index (χ2n) is 5.11. The van der Waals surface area contributed by atoms with Gasteiger partial charge < -0.3 is 16.2 Å². The number of halogens is 1. The number of carbonyl (C=O) groups excluding carboxylic acids is 2. The van der Waals surface area contributed by atoms with Gasteiger partial charge in [-0.3, -0.25) is 9.59 Å². The minimum absolute atomic E-state index is 0.277. The summed E-state index contributed by atoms with van der Waals surface area (Å²) in [6, 6.07) is 15.2. The Balaban J connectivity index is 2.07. The summed E-state index contributed by atoms with van der Waals surface area (Å²) in [7, 11) is 0. The van der Waals surface area contributed by atoms with E-state index in [0.717, 1.165) is 9.13 Å². The van der Waals surface area contributed by atoms with Crippen molar-refractivity contribution in [1.82, 2.24) is 5.32 Å². The minimum Gasteiger partial charge on any atom is -0.378 e. The molecular weight excluding hydrogens is 407 g/mol. The maximum atomic E-state index is 12.1. The molecule has 5 nitrogen and oxygen atoms in total. The zero-order valence-corrected chi connectivity index (χ0v) is 14.4. The van der Waals surface area contributed by atoms with E-state index in [1.807, 2.05) is 24.3 Å². The van der Waals surface area contributed by atoms with Crippen LogP contribution in [-0.4, -0.2) is 23.0 Å². The molecule has 0 fully saturated rings. The highest BCUT2D eigenvalue weighted by Gasteiger charge is 2.24. The van der Waals surface area contributed by atoms with Crippen molar-refractivity contribution in [3.63, 3.8) is 0 Å². The monoisotopic (exact) mass is 424 g/mol. The number of rotatable bonds is 6. The van der Waals surface area contributed by atoms with Crippen LogP contribution in [0.4, 0.5) is 0 Å². The molecular formula is C17H17IN2O3. The molecule has 2 atom stereocenters. The number of hydrogen-bond acceptors (Lipinski definition) is 3. The largest absolute Gasteiger partial charge is 0.378 e. The molecule has 0 saturated heterocycles. The molecule has 0 aromatic heterocycles. The zero-order valence-electron chi connectivity index (χ0n) is 12.3. The number of nitrogens with two attached hydrogens (primary N) is 1. The van der Waals surface area contributed by atoms with Gasteiger partial charge in [-0.25, -0.2) is 0 Å². The molecule has 2 rings (SSSR count). The van der Waals surface area contributed by atoms with Gasteiger partial charge in [-0.2, -0.15) is 0 Å². The maximum Gasteiger partial charge on any atom is 0.254 e. The lowest BCUT2D eigenvalue weighted by Gasteiger charge is -2.18. The Bertz CT molecular complexity index is 691. The minimum atomic E-state index is -1.34. The smallest absolute Gasteiger partial charge is 0.254 e. The Hall–Kier alpha value is -1.93. The lowest BCUT2D eigenvalue weighted by atomic mass is 10.0. The van der Waals surface area contributed by atoms with Crippen LogP contribution >= 0.6 is 22.6 Å². The van der Waals surface area contributed by atoms with E-state index in [9.17, 15) is 14.7 Å². The van der Waals surface area contributed by atoms with Crippen LogP contribution in [0.1, 0.15) is 17.2 Å². The number of nitrogens with one attached hydrogen (secondary N) is 1. The van der Waals surface area contributed by atoms with Crippen LogP contribution in [0, 0.1) is 3.57 Å². The normalized spacial score (nSPS) is 13.1. The summed E-state index contributed by atoms with van der Waals surface area (Å²) in [4.78, 5) is 23.8. The molecule has 0 unspecified atom stereocenters. The molecule has 23 heavy (non-hydrogen) atoms. The molecule has 0 radical (unpaired) electrons. The van der Waals surface area contributed by atoms with Gasteiger partial charge >= 0.3 is 0 Å². The predicted molar refractivity (Wildman–Crippen MR) is 95.4 cm³/mol. The molecule has 0 heterocycles. The van der Waals surface area contributed by atoms with Gasteiger partial charge in [0, 0.05) is 9.99 Å². The van der Waals surface area contributed by atoms with Crippen LogP contribution in [0.15, 0.2) is 54.6 Å². The van der Waals surface area contributed by atoms with E-state index >= 15 is 0 Å². The van der Waals surface area contributed by atoms with Crippen molar-refractivity contribution in [2.24, 2.45) is 5.73 Å². The lowest BCUT2D eigenvalue weighted by molar-refractivity contribution is -0.133. The average molecular weight is 424 g/mol. The zero-order chi connectivity index (χ0) is 16.8. The average Bonchev–Trinajstić information content (AvgIpc) is 2.54. The molecule has 4 N–H and O–H groups in total. The third-order valence-corrected chi connectivity index (χ3v) is 4.02. The predicted octanol–water partition coefficient (Wildman–Crippen LogP) is 1.54. The molecule has 0 bridgehead atoms.